The molecule has 1 unspecified atom stereocenters. The summed E-state index contributed by atoms with van der Waals surface area (Å²) in [5, 5.41) is 16.1. The minimum Gasteiger partial charge on any atom is -0.267 e. The summed E-state index contributed by atoms with van der Waals surface area (Å²) in [5.74, 6) is -1.34. The van der Waals surface area contributed by atoms with Crippen LogP contribution in [-0.2, 0) is 6.54 Å². The van der Waals surface area contributed by atoms with Crippen LogP contribution in [-0.4, -0.2) is 9.78 Å². The Bertz CT molecular complexity index is 1290. The van der Waals surface area contributed by atoms with Crippen LogP contribution in [0.4, 0.5) is 4.39 Å². The summed E-state index contributed by atoms with van der Waals surface area (Å²) in [5.41, 5.74) is 1.12. The van der Waals surface area contributed by atoms with Gasteiger partial charge in [0, 0.05) is 0 Å². The van der Waals surface area contributed by atoms with Gasteiger partial charge in [-0.3, -0.25) is 4.79 Å². The summed E-state index contributed by atoms with van der Waals surface area (Å²) >= 11 is 6.25. The molecule has 29 heavy (non-hydrogen) atoms. The highest BCUT2D eigenvalue weighted by Gasteiger charge is 2.22. The van der Waals surface area contributed by atoms with Gasteiger partial charge in [0.05, 0.1) is 29.4 Å². The smallest absolute Gasteiger partial charge is 0.267 e. The van der Waals surface area contributed by atoms with Gasteiger partial charge in [0.25, 0.3) is 5.56 Å². The van der Waals surface area contributed by atoms with Crippen LogP contribution in [0.25, 0.3) is 10.8 Å². The molecule has 0 fully saturated rings. The van der Waals surface area contributed by atoms with Gasteiger partial charge in [-0.25, -0.2) is 9.07 Å². The van der Waals surface area contributed by atoms with Crippen molar-refractivity contribution in [2.75, 3.05) is 0 Å². The largest absolute Gasteiger partial charge is 0.273 e. The minimum absolute atomic E-state index is 0.111. The summed E-state index contributed by atoms with van der Waals surface area (Å²) in [7, 11) is 0. The lowest BCUT2D eigenvalue weighted by Gasteiger charge is -2.14. The predicted molar refractivity (Wildman–Crippen MR) is 110 cm³/mol. The molecule has 0 aliphatic heterocycles. The highest BCUT2D eigenvalue weighted by Crippen LogP contribution is 2.27. The van der Waals surface area contributed by atoms with Gasteiger partial charge in [0.1, 0.15) is 11.7 Å². The SMILES string of the molecule is N#CC(c1ccc(F)cc1)c1c(Cl)cnn(Cc2cccc3ccccc23)c1=O. The number of hydrogen-bond acceptors (Lipinski definition) is 3. The molecule has 3 aromatic carbocycles. The average molecular weight is 404 g/mol. The van der Waals surface area contributed by atoms with Crippen LogP contribution in [0.1, 0.15) is 22.6 Å². The first-order valence-electron chi connectivity index (χ1n) is 8.95. The Morgan fingerprint density at radius 1 is 1.07 bits per heavy atom. The number of hydrogen-bond donors (Lipinski definition) is 0. The average Bonchev–Trinajstić information content (AvgIpc) is 2.74. The van der Waals surface area contributed by atoms with E-state index in [2.05, 4.69) is 11.2 Å². The molecule has 1 heterocycles. The van der Waals surface area contributed by atoms with Gasteiger partial charge in [0.15, 0.2) is 0 Å². The molecule has 4 aromatic rings. The summed E-state index contributed by atoms with van der Waals surface area (Å²) in [4.78, 5) is 13.2. The number of fused-ring (bicyclic) bond motifs is 1. The Hall–Kier alpha value is -3.49. The van der Waals surface area contributed by atoms with Gasteiger partial charge in [-0.15, -0.1) is 0 Å². The minimum atomic E-state index is -0.919. The van der Waals surface area contributed by atoms with E-state index in [0.717, 1.165) is 16.3 Å². The molecule has 0 N–H and O–H groups in total. The Morgan fingerprint density at radius 3 is 2.55 bits per heavy atom. The molecule has 0 spiro atoms. The van der Waals surface area contributed by atoms with Crippen molar-refractivity contribution in [3.8, 4) is 6.07 Å². The maximum atomic E-state index is 13.3. The normalized spacial score (nSPS) is 11.9. The monoisotopic (exact) mass is 403 g/mol. The first kappa shape index (κ1) is 18.9. The number of aromatic nitrogens is 2. The van der Waals surface area contributed by atoms with E-state index in [9.17, 15) is 14.4 Å². The first-order chi connectivity index (χ1) is 14.1. The van der Waals surface area contributed by atoms with Crippen molar-refractivity contribution in [3.05, 3.63) is 111 Å². The number of halogens is 2. The third-order valence-corrected chi connectivity index (χ3v) is 5.15. The van der Waals surface area contributed by atoms with Gasteiger partial charge >= 0.3 is 0 Å². The Balaban J connectivity index is 1.80. The van der Waals surface area contributed by atoms with Crippen LogP contribution in [0, 0.1) is 17.1 Å². The quantitative estimate of drug-likeness (QED) is 0.487. The lowest BCUT2D eigenvalue weighted by Crippen LogP contribution is -2.28. The Morgan fingerprint density at radius 2 is 1.79 bits per heavy atom. The van der Waals surface area contributed by atoms with Gasteiger partial charge in [-0.1, -0.05) is 66.2 Å². The predicted octanol–water partition coefficient (Wildman–Crippen LogP) is 4.89. The van der Waals surface area contributed by atoms with E-state index in [1.807, 2.05) is 42.5 Å². The van der Waals surface area contributed by atoms with Crippen molar-refractivity contribution < 1.29 is 4.39 Å². The zero-order chi connectivity index (χ0) is 20.4. The van der Waals surface area contributed by atoms with Crippen molar-refractivity contribution in [3.63, 3.8) is 0 Å². The molecule has 0 saturated heterocycles. The third kappa shape index (κ3) is 3.63. The fourth-order valence-corrected chi connectivity index (χ4v) is 3.64. The number of nitrogens with zero attached hydrogens (tertiary/aromatic N) is 3. The van der Waals surface area contributed by atoms with E-state index in [1.54, 1.807) is 0 Å². The zero-order valence-electron chi connectivity index (χ0n) is 15.2. The molecular weight excluding hydrogens is 389 g/mol. The van der Waals surface area contributed by atoms with Crippen LogP contribution in [0.3, 0.4) is 0 Å². The molecule has 4 rings (SSSR count). The maximum Gasteiger partial charge on any atom is 0.273 e. The van der Waals surface area contributed by atoms with Gasteiger partial charge in [0.2, 0.25) is 0 Å². The molecule has 0 aliphatic rings. The molecule has 0 bridgehead atoms. The molecule has 142 valence electrons. The summed E-state index contributed by atoms with van der Waals surface area (Å²) < 4.78 is 14.6. The molecule has 0 radical (unpaired) electrons. The second-order valence-electron chi connectivity index (χ2n) is 6.62. The van der Waals surface area contributed by atoms with Crippen molar-refractivity contribution >= 4 is 22.4 Å². The standard InChI is InChI=1S/C23H15ClFN3O/c24-21-13-27-28(14-17-6-3-5-15-4-1-2-7-19(15)17)23(29)22(21)20(12-26)16-8-10-18(25)11-9-16/h1-11,13,20H,14H2. The third-order valence-electron chi connectivity index (χ3n) is 4.85. The van der Waals surface area contributed by atoms with E-state index >= 15 is 0 Å². The number of benzene rings is 3. The van der Waals surface area contributed by atoms with Crippen molar-refractivity contribution in [2.45, 2.75) is 12.5 Å². The molecule has 6 heteroatoms. The van der Waals surface area contributed by atoms with E-state index in [4.69, 9.17) is 11.6 Å². The van der Waals surface area contributed by atoms with Crippen LogP contribution in [0.5, 0.6) is 0 Å². The lowest BCUT2D eigenvalue weighted by molar-refractivity contribution is 0.625. The van der Waals surface area contributed by atoms with Gasteiger partial charge < -0.3 is 0 Å². The second kappa shape index (κ2) is 7.86. The molecular formula is C23H15ClFN3O. The lowest BCUT2D eigenvalue weighted by atomic mass is 9.94. The molecule has 0 amide bonds. The van der Waals surface area contributed by atoms with Crippen molar-refractivity contribution in [2.24, 2.45) is 0 Å². The Kier molecular flexibility index (Phi) is 5.11. The van der Waals surface area contributed by atoms with E-state index in [1.165, 1.54) is 35.1 Å². The van der Waals surface area contributed by atoms with Crippen LogP contribution in [0.15, 0.2) is 77.7 Å². The summed E-state index contributed by atoms with van der Waals surface area (Å²) in [6.45, 7) is 0.242. The molecule has 1 aromatic heterocycles. The molecule has 0 aliphatic carbocycles. The van der Waals surface area contributed by atoms with E-state index < -0.39 is 17.3 Å². The molecule has 4 nitrogen and oxygen atoms in total. The topological polar surface area (TPSA) is 58.7 Å². The molecule has 1 atom stereocenters. The highest BCUT2D eigenvalue weighted by molar-refractivity contribution is 6.31. The van der Waals surface area contributed by atoms with E-state index in [-0.39, 0.29) is 17.1 Å². The van der Waals surface area contributed by atoms with Crippen LogP contribution in [0.2, 0.25) is 5.02 Å². The van der Waals surface area contributed by atoms with Crippen LogP contribution >= 0.6 is 11.6 Å². The fourth-order valence-electron chi connectivity index (χ4n) is 3.41. The number of rotatable bonds is 4. The molecule has 0 saturated carbocycles. The van der Waals surface area contributed by atoms with Gasteiger partial charge in [-0.2, -0.15) is 10.4 Å². The van der Waals surface area contributed by atoms with Gasteiger partial charge in [-0.05, 0) is 34.0 Å². The van der Waals surface area contributed by atoms with E-state index in [0.29, 0.717) is 5.56 Å². The van der Waals surface area contributed by atoms with Crippen molar-refractivity contribution in [1.82, 2.24) is 9.78 Å². The number of nitriles is 1. The summed E-state index contributed by atoms with van der Waals surface area (Å²) in [6.07, 6.45) is 1.37. The summed E-state index contributed by atoms with van der Waals surface area (Å²) in [6, 6.07) is 21.3. The fraction of sp³-hybridized carbons (Fsp3) is 0.0870. The highest BCUT2D eigenvalue weighted by atomic mass is 35.5. The maximum absolute atomic E-state index is 13.3. The van der Waals surface area contributed by atoms with Crippen LogP contribution < -0.4 is 5.56 Å². The zero-order valence-corrected chi connectivity index (χ0v) is 16.0. The second-order valence-corrected chi connectivity index (χ2v) is 7.03. The first-order valence-corrected chi connectivity index (χ1v) is 9.33. The van der Waals surface area contributed by atoms with Crippen molar-refractivity contribution in [1.29, 1.82) is 5.26 Å². The Labute approximate surface area is 171 Å².